The van der Waals surface area contributed by atoms with E-state index in [1.807, 2.05) is 24.3 Å². The van der Waals surface area contributed by atoms with E-state index in [1.165, 1.54) is 18.2 Å². The second-order valence-electron chi connectivity index (χ2n) is 4.23. The summed E-state index contributed by atoms with van der Waals surface area (Å²) in [5, 5.41) is 10.7. The number of nitrogens with zero attached hydrogens (tertiary/aromatic N) is 1. The quantitative estimate of drug-likeness (QED) is 0.463. The van der Waals surface area contributed by atoms with Gasteiger partial charge in [-0.25, -0.2) is 0 Å². The van der Waals surface area contributed by atoms with Gasteiger partial charge in [-0.15, -0.1) is 0 Å². The lowest BCUT2D eigenvalue weighted by Crippen LogP contribution is -1.98. The standard InChI is InChI=1S/C15H13NO5/c1-20-13-4-2-11(3-5-13)10-21-14-6-7-15(16(18)19)12(8-14)9-17/h2-9H,10H2,1H3. The lowest BCUT2D eigenvalue weighted by molar-refractivity contribution is -0.385. The molecule has 0 bridgehead atoms. The van der Waals surface area contributed by atoms with E-state index in [4.69, 9.17) is 9.47 Å². The first-order valence-corrected chi connectivity index (χ1v) is 6.13. The Labute approximate surface area is 121 Å². The molecule has 0 atom stereocenters. The van der Waals surface area contributed by atoms with Crippen LogP contribution < -0.4 is 9.47 Å². The van der Waals surface area contributed by atoms with Gasteiger partial charge < -0.3 is 9.47 Å². The van der Waals surface area contributed by atoms with Crippen LogP contribution in [0.3, 0.4) is 0 Å². The average Bonchev–Trinajstić information content (AvgIpc) is 2.52. The predicted octanol–water partition coefficient (Wildman–Crippen LogP) is 2.99. The Morgan fingerprint density at radius 3 is 2.38 bits per heavy atom. The highest BCUT2D eigenvalue weighted by atomic mass is 16.6. The molecule has 0 heterocycles. The van der Waals surface area contributed by atoms with Crippen LogP contribution in [0.25, 0.3) is 0 Å². The molecule has 108 valence electrons. The number of nitro benzene ring substituents is 1. The van der Waals surface area contributed by atoms with Crippen molar-refractivity contribution in [2.24, 2.45) is 0 Å². The van der Waals surface area contributed by atoms with Gasteiger partial charge in [0, 0.05) is 6.07 Å². The van der Waals surface area contributed by atoms with Crippen LogP contribution in [0.5, 0.6) is 11.5 Å². The highest BCUT2D eigenvalue weighted by Crippen LogP contribution is 2.23. The molecule has 0 N–H and O–H groups in total. The van der Waals surface area contributed by atoms with Crippen molar-refractivity contribution in [3.8, 4) is 11.5 Å². The molecule has 2 aromatic rings. The van der Waals surface area contributed by atoms with Crippen molar-refractivity contribution in [2.45, 2.75) is 6.61 Å². The molecule has 0 unspecified atom stereocenters. The number of carbonyl (C=O) groups is 1. The number of nitro groups is 1. The third kappa shape index (κ3) is 3.56. The first-order chi connectivity index (χ1) is 10.1. The van der Waals surface area contributed by atoms with E-state index in [0.29, 0.717) is 18.6 Å². The van der Waals surface area contributed by atoms with Gasteiger partial charge in [0.2, 0.25) is 0 Å². The maximum atomic E-state index is 10.9. The molecule has 0 amide bonds. The third-order valence-electron chi connectivity index (χ3n) is 2.89. The van der Waals surface area contributed by atoms with Gasteiger partial charge in [0.25, 0.3) is 5.69 Å². The van der Waals surface area contributed by atoms with Gasteiger partial charge in [0.1, 0.15) is 18.1 Å². The van der Waals surface area contributed by atoms with Gasteiger partial charge in [-0.3, -0.25) is 14.9 Å². The van der Waals surface area contributed by atoms with Crippen LogP contribution in [-0.2, 0) is 6.61 Å². The minimum Gasteiger partial charge on any atom is -0.497 e. The Balaban J connectivity index is 2.09. The summed E-state index contributed by atoms with van der Waals surface area (Å²) in [5.74, 6) is 1.15. The Kier molecular flexibility index (Phi) is 4.50. The van der Waals surface area contributed by atoms with E-state index >= 15 is 0 Å². The van der Waals surface area contributed by atoms with Crippen LogP contribution in [0.2, 0.25) is 0 Å². The number of hydrogen-bond donors (Lipinski definition) is 0. The highest BCUT2D eigenvalue weighted by Gasteiger charge is 2.13. The summed E-state index contributed by atoms with van der Waals surface area (Å²) in [4.78, 5) is 21.0. The summed E-state index contributed by atoms with van der Waals surface area (Å²) in [6.45, 7) is 0.292. The Morgan fingerprint density at radius 1 is 1.14 bits per heavy atom. The van der Waals surface area contributed by atoms with E-state index in [9.17, 15) is 14.9 Å². The number of rotatable bonds is 6. The Hall–Kier alpha value is -2.89. The number of benzene rings is 2. The monoisotopic (exact) mass is 287 g/mol. The van der Waals surface area contributed by atoms with Crippen molar-refractivity contribution in [3.05, 3.63) is 63.7 Å². The second-order valence-corrected chi connectivity index (χ2v) is 4.23. The van der Waals surface area contributed by atoms with Crippen LogP contribution >= 0.6 is 0 Å². The maximum Gasteiger partial charge on any atom is 0.280 e. The number of aldehydes is 1. The van der Waals surface area contributed by atoms with Crippen molar-refractivity contribution in [1.82, 2.24) is 0 Å². The summed E-state index contributed by atoms with van der Waals surface area (Å²) in [5.41, 5.74) is 0.677. The molecule has 0 spiro atoms. The summed E-state index contributed by atoms with van der Waals surface area (Å²) < 4.78 is 10.6. The van der Waals surface area contributed by atoms with Gasteiger partial charge in [0.05, 0.1) is 17.6 Å². The zero-order chi connectivity index (χ0) is 15.2. The van der Waals surface area contributed by atoms with Crippen molar-refractivity contribution < 1.29 is 19.2 Å². The van der Waals surface area contributed by atoms with Crippen molar-refractivity contribution in [2.75, 3.05) is 7.11 Å². The molecule has 0 radical (unpaired) electrons. The molecular formula is C15H13NO5. The number of ether oxygens (including phenoxy) is 2. The van der Waals surface area contributed by atoms with Crippen LogP contribution in [0, 0.1) is 10.1 Å². The molecule has 0 saturated heterocycles. The fourth-order valence-corrected chi connectivity index (χ4v) is 1.77. The largest absolute Gasteiger partial charge is 0.497 e. The topological polar surface area (TPSA) is 78.7 Å². The molecule has 2 rings (SSSR count). The minimum atomic E-state index is -0.600. The molecule has 6 heteroatoms. The molecule has 0 saturated carbocycles. The molecular weight excluding hydrogens is 274 g/mol. The lowest BCUT2D eigenvalue weighted by atomic mass is 10.2. The minimum absolute atomic E-state index is 0.00719. The zero-order valence-corrected chi connectivity index (χ0v) is 11.3. The molecule has 0 aromatic heterocycles. The van der Waals surface area contributed by atoms with Gasteiger partial charge in [-0.2, -0.15) is 0 Å². The number of hydrogen-bond acceptors (Lipinski definition) is 5. The van der Waals surface area contributed by atoms with E-state index < -0.39 is 4.92 Å². The SMILES string of the molecule is COc1ccc(COc2ccc([N+](=O)[O-])c(C=O)c2)cc1. The van der Waals surface area contributed by atoms with Crippen molar-refractivity contribution in [3.63, 3.8) is 0 Å². The average molecular weight is 287 g/mol. The molecule has 0 aliphatic heterocycles. The molecule has 21 heavy (non-hydrogen) atoms. The predicted molar refractivity (Wildman–Crippen MR) is 75.8 cm³/mol. The van der Waals surface area contributed by atoms with Crippen LogP contribution in [-0.4, -0.2) is 18.3 Å². The molecule has 0 fully saturated rings. The normalized spacial score (nSPS) is 9.95. The zero-order valence-electron chi connectivity index (χ0n) is 11.3. The van der Waals surface area contributed by atoms with Gasteiger partial charge in [-0.1, -0.05) is 12.1 Å². The van der Waals surface area contributed by atoms with E-state index in [0.717, 1.165) is 11.3 Å². The van der Waals surface area contributed by atoms with E-state index in [-0.39, 0.29) is 11.3 Å². The van der Waals surface area contributed by atoms with E-state index in [2.05, 4.69) is 0 Å². The molecule has 0 aliphatic carbocycles. The van der Waals surface area contributed by atoms with Crippen LogP contribution in [0.1, 0.15) is 15.9 Å². The summed E-state index contributed by atoms with van der Waals surface area (Å²) in [6.07, 6.45) is 0.443. The molecule has 0 aliphatic rings. The maximum absolute atomic E-state index is 10.9. The van der Waals surface area contributed by atoms with Gasteiger partial charge in [0.15, 0.2) is 6.29 Å². The summed E-state index contributed by atoms with van der Waals surface area (Å²) in [6, 6.07) is 11.4. The van der Waals surface area contributed by atoms with Gasteiger partial charge in [-0.05, 0) is 29.8 Å². The number of methoxy groups -OCH3 is 1. The second kappa shape index (κ2) is 6.51. The third-order valence-corrected chi connectivity index (χ3v) is 2.89. The lowest BCUT2D eigenvalue weighted by Gasteiger charge is -2.07. The smallest absolute Gasteiger partial charge is 0.280 e. The highest BCUT2D eigenvalue weighted by molar-refractivity contribution is 5.82. The fraction of sp³-hybridized carbons (Fsp3) is 0.133. The Bertz CT molecular complexity index is 652. The van der Waals surface area contributed by atoms with Crippen molar-refractivity contribution >= 4 is 12.0 Å². The fourth-order valence-electron chi connectivity index (χ4n) is 1.77. The molecule has 6 nitrogen and oxygen atoms in total. The van der Waals surface area contributed by atoms with E-state index in [1.54, 1.807) is 7.11 Å². The van der Waals surface area contributed by atoms with Crippen LogP contribution in [0.4, 0.5) is 5.69 Å². The summed E-state index contributed by atoms with van der Waals surface area (Å²) >= 11 is 0. The first-order valence-electron chi connectivity index (χ1n) is 6.13. The number of carbonyl (C=O) groups excluding carboxylic acids is 1. The first kappa shape index (κ1) is 14.5. The van der Waals surface area contributed by atoms with Crippen molar-refractivity contribution in [1.29, 1.82) is 0 Å². The molecule has 2 aromatic carbocycles. The Morgan fingerprint density at radius 2 is 1.81 bits per heavy atom. The van der Waals surface area contributed by atoms with Gasteiger partial charge >= 0.3 is 0 Å². The summed E-state index contributed by atoms with van der Waals surface area (Å²) in [7, 11) is 1.59. The van der Waals surface area contributed by atoms with Crippen LogP contribution in [0.15, 0.2) is 42.5 Å².